The molecule has 1 saturated heterocycles. The van der Waals surface area contributed by atoms with Gasteiger partial charge in [-0.1, -0.05) is 30.3 Å². The number of rotatable bonds is 6. The number of carbonyl (C=O) groups is 2. The number of benzene rings is 2. The molecule has 0 saturated carbocycles. The van der Waals surface area contributed by atoms with E-state index in [0.717, 1.165) is 29.8 Å². The molecule has 0 aliphatic carbocycles. The molecule has 1 fully saturated rings. The fourth-order valence-corrected chi connectivity index (χ4v) is 3.31. The SMILES string of the molecule is O=C(NCc1cnn(-c2ccccc2)c1)c1ccc(CN2CCCC2=O)cc1. The van der Waals surface area contributed by atoms with E-state index in [-0.39, 0.29) is 11.8 Å². The summed E-state index contributed by atoms with van der Waals surface area (Å²) in [6, 6.07) is 17.3. The van der Waals surface area contributed by atoms with Gasteiger partial charge in [-0.25, -0.2) is 4.68 Å². The molecule has 4 rings (SSSR count). The van der Waals surface area contributed by atoms with Crippen molar-refractivity contribution in [2.75, 3.05) is 6.54 Å². The molecule has 1 aliphatic rings. The predicted molar refractivity (Wildman–Crippen MR) is 106 cm³/mol. The minimum Gasteiger partial charge on any atom is -0.348 e. The first-order valence-corrected chi connectivity index (χ1v) is 9.43. The van der Waals surface area contributed by atoms with Gasteiger partial charge in [0.2, 0.25) is 5.91 Å². The Kier molecular flexibility index (Phi) is 5.19. The first kappa shape index (κ1) is 18.0. The fourth-order valence-electron chi connectivity index (χ4n) is 3.31. The second-order valence-electron chi connectivity index (χ2n) is 6.93. The molecule has 1 aliphatic heterocycles. The molecule has 1 N–H and O–H groups in total. The van der Waals surface area contributed by atoms with Gasteiger partial charge in [0.05, 0.1) is 11.9 Å². The van der Waals surface area contributed by atoms with E-state index in [4.69, 9.17) is 0 Å². The van der Waals surface area contributed by atoms with Crippen molar-refractivity contribution in [1.29, 1.82) is 0 Å². The van der Waals surface area contributed by atoms with E-state index in [9.17, 15) is 9.59 Å². The van der Waals surface area contributed by atoms with Crippen molar-refractivity contribution < 1.29 is 9.59 Å². The average Bonchev–Trinajstić information content (AvgIpc) is 3.37. The van der Waals surface area contributed by atoms with Gasteiger partial charge in [0, 0.05) is 43.4 Å². The van der Waals surface area contributed by atoms with Gasteiger partial charge in [-0.15, -0.1) is 0 Å². The van der Waals surface area contributed by atoms with Crippen molar-refractivity contribution in [3.63, 3.8) is 0 Å². The van der Waals surface area contributed by atoms with Crippen molar-refractivity contribution in [3.8, 4) is 5.69 Å². The van der Waals surface area contributed by atoms with Crippen molar-refractivity contribution >= 4 is 11.8 Å². The standard InChI is InChI=1S/C22H22N4O2/c27-21-7-4-12-25(21)15-17-8-10-19(11-9-17)22(28)23-13-18-14-24-26(16-18)20-5-2-1-3-6-20/h1-3,5-6,8-11,14,16H,4,7,12-13,15H2,(H,23,28). The molecule has 0 atom stereocenters. The summed E-state index contributed by atoms with van der Waals surface area (Å²) in [5.41, 5.74) is 3.55. The topological polar surface area (TPSA) is 67.2 Å². The molecule has 0 unspecified atom stereocenters. The van der Waals surface area contributed by atoms with Gasteiger partial charge in [-0.3, -0.25) is 9.59 Å². The van der Waals surface area contributed by atoms with Crippen molar-refractivity contribution in [1.82, 2.24) is 20.0 Å². The van der Waals surface area contributed by atoms with E-state index in [2.05, 4.69) is 10.4 Å². The normalized spacial score (nSPS) is 13.7. The number of likely N-dealkylation sites (tertiary alicyclic amines) is 1. The van der Waals surface area contributed by atoms with Gasteiger partial charge < -0.3 is 10.2 Å². The van der Waals surface area contributed by atoms with Crippen LogP contribution in [0.15, 0.2) is 67.0 Å². The summed E-state index contributed by atoms with van der Waals surface area (Å²) in [6.07, 6.45) is 5.23. The molecule has 28 heavy (non-hydrogen) atoms. The molecule has 0 radical (unpaired) electrons. The Labute approximate surface area is 163 Å². The summed E-state index contributed by atoms with van der Waals surface area (Å²) >= 11 is 0. The highest BCUT2D eigenvalue weighted by molar-refractivity contribution is 5.94. The first-order valence-electron chi connectivity index (χ1n) is 9.43. The lowest BCUT2D eigenvalue weighted by Crippen LogP contribution is -2.24. The highest BCUT2D eigenvalue weighted by Gasteiger charge is 2.20. The molecule has 0 bridgehead atoms. The quantitative estimate of drug-likeness (QED) is 0.721. The molecular formula is C22H22N4O2. The Morgan fingerprint density at radius 1 is 1.04 bits per heavy atom. The van der Waals surface area contributed by atoms with E-state index < -0.39 is 0 Å². The molecule has 2 heterocycles. The zero-order chi connectivity index (χ0) is 19.3. The van der Waals surface area contributed by atoms with Gasteiger partial charge in [0.1, 0.15) is 0 Å². The van der Waals surface area contributed by atoms with Crippen LogP contribution in [0.25, 0.3) is 5.69 Å². The summed E-state index contributed by atoms with van der Waals surface area (Å²) in [5.74, 6) is 0.0779. The smallest absolute Gasteiger partial charge is 0.251 e. The number of amides is 2. The van der Waals surface area contributed by atoms with Crippen LogP contribution in [0, 0.1) is 0 Å². The largest absolute Gasteiger partial charge is 0.348 e. The van der Waals surface area contributed by atoms with Crippen molar-refractivity contribution in [2.24, 2.45) is 0 Å². The van der Waals surface area contributed by atoms with Crippen LogP contribution in [0.5, 0.6) is 0 Å². The van der Waals surface area contributed by atoms with E-state index in [0.29, 0.717) is 25.1 Å². The number of nitrogens with one attached hydrogen (secondary N) is 1. The lowest BCUT2D eigenvalue weighted by Gasteiger charge is -2.15. The third-order valence-electron chi connectivity index (χ3n) is 4.87. The summed E-state index contributed by atoms with van der Waals surface area (Å²) in [7, 11) is 0. The Bertz CT molecular complexity index is 964. The van der Waals surface area contributed by atoms with Gasteiger partial charge in [0.25, 0.3) is 5.91 Å². The molecule has 1 aromatic heterocycles. The summed E-state index contributed by atoms with van der Waals surface area (Å²) in [4.78, 5) is 26.0. The minimum atomic E-state index is -0.128. The first-order chi connectivity index (χ1) is 13.7. The van der Waals surface area contributed by atoms with E-state index in [1.807, 2.05) is 53.6 Å². The van der Waals surface area contributed by atoms with Crippen LogP contribution in [0.1, 0.15) is 34.3 Å². The fraction of sp³-hybridized carbons (Fsp3) is 0.227. The maximum absolute atomic E-state index is 12.4. The number of para-hydroxylation sites is 1. The number of aromatic nitrogens is 2. The molecule has 2 aromatic carbocycles. The lowest BCUT2D eigenvalue weighted by molar-refractivity contribution is -0.128. The Hall–Kier alpha value is -3.41. The van der Waals surface area contributed by atoms with Crippen LogP contribution in [-0.2, 0) is 17.9 Å². The highest BCUT2D eigenvalue weighted by atomic mass is 16.2. The highest BCUT2D eigenvalue weighted by Crippen LogP contribution is 2.15. The second-order valence-corrected chi connectivity index (χ2v) is 6.93. The molecule has 6 heteroatoms. The third kappa shape index (κ3) is 4.11. The van der Waals surface area contributed by atoms with E-state index in [1.165, 1.54) is 0 Å². The zero-order valence-corrected chi connectivity index (χ0v) is 15.5. The molecule has 2 amide bonds. The second kappa shape index (κ2) is 8.08. The van der Waals surface area contributed by atoms with E-state index >= 15 is 0 Å². The molecule has 142 valence electrons. The van der Waals surface area contributed by atoms with Gasteiger partial charge >= 0.3 is 0 Å². The average molecular weight is 374 g/mol. The van der Waals surface area contributed by atoms with Crippen LogP contribution in [0.3, 0.4) is 0 Å². The minimum absolute atomic E-state index is 0.128. The molecule has 6 nitrogen and oxygen atoms in total. The number of nitrogens with zero attached hydrogens (tertiary/aromatic N) is 3. The Morgan fingerprint density at radius 2 is 1.82 bits per heavy atom. The van der Waals surface area contributed by atoms with Crippen molar-refractivity contribution in [2.45, 2.75) is 25.9 Å². The van der Waals surface area contributed by atoms with Crippen LogP contribution in [-0.4, -0.2) is 33.0 Å². The number of hydrogen-bond acceptors (Lipinski definition) is 3. The summed E-state index contributed by atoms with van der Waals surface area (Å²) in [6.45, 7) is 1.84. The van der Waals surface area contributed by atoms with E-state index in [1.54, 1.807) is 23.0 Å². The summed E-state index contributed by atoms with van der Waals surface area (Å²) in [5, 5.41) is 7.26. The van der Waals surface area contributed by atoms with Crippen LogP contribution in [0.2, 0.25) is 0 Å². The van der Waals surface area contributed by atoms with Crippen molar-refractivity contribution in [3.05, 3.63) is 83.7 Å². The molecule has 3 aromatic rings. The summed E-state index contributed by atoms with van der Waals surface area (Å²) < 4.78 is 1.79. The predicted octanol–water partition coefficient (Wildman–Crippen LogP) is 2.92. The number of hydrogen-bond donors (Lipinski definition) is 1. The van der Waals surface area contributed by atoms with Crippen LogP contribution < -0.4 is 5.32 Å². The monoisotopic (exact) mass is 374 g/mol. The maximum Gasteiger partial charge on any atom is 0.251 e. The van der Waals surface area contributed by atoms with Crippen LogP contribution in [0.4, 0.5) is 0 Å². The van der Waals surface area contributed by atoms with Crippen LogP contribution >= 0.6 is 0 Å². The lowest BCUT2D eigenvalue weighted by atomic mass is 10.1. The number of carbonyl (C=O) groups excluding carboxylic acids is 2. The Morgan fingerprint density at radius 3 is 2.54 bits per heavy atom. The van der Waals surface area contributed by atoms with Gasteiger partial charge in [-0.05, 0) is 36.2 Å². The van der Waals surface area contributed by atoms with Gasteiger partial charge in [0.15, 0.2) is 0 Å². The Balaban J connectivity index is 1.32. The van der Waals surface area contributed by atoms with Gasteiger partial charge in [-0.2, -0.15) is 5.10 Å². The third-order valence-corrected chi connectivity index (χ3v) is 4.87. The maximum atomic E-state index is 12.4. The molecular weight excluding hydrogens is 352 g/mol. The zero-order valence-electron chi connectivity index (χ0n) is 15.5. The molecule has 0 spiro atoms.